The minimum atomic E-state index is -0.245. The number of nitrogens with one attached hydrogen (secondary N) is 2. The first-order chi connectivity index (χ1) is 11.3. The van der Waals surface area contributed by atoms with Gasteiger partial charge in [0.15, 0.2) is 0 Å². The van der Waals surface area contributed by atoms with E-state index in [4.69, 9.17) is 0 Å². The first kappa shape index (κ1) is 16.7. The molecule has 0 radical (unpaired) electrons. The first-order valence-corrected chi connectivity index (χ1v) is 8.49. The average Bonchev–Trinajstić information content (AvgIpc) is 2.84. The Labute approximate surface area is 142 Å². The number of carbonyl (C=O) groups is 1. The summed E-state index contributed by atoms with van der Waals surface area (Å²) >= 11 is 0. The van der Waals surface area contributed by atoms with Gasteiger partial charge in [0.2, 0.25) is 5.91 Å². The van der Waals surface area contributed by atoms with E-state index in [2.05, 4.69) is 44.1 Å². The molecule has 0 spiro atoms. The molecule has 4 heteroatoms. The van der Waals surface area contributed by atoms with Gasteiger partial charge in [-0.25, -0.2) is 4.39 Å². The number of hydrogen-bond donors (Lipinski definition) is 2. The summed E-state index contributed by atoms with van der Waals surface area (Å²) in [7, 11) is 0. The van der Waals surface area contributed by atoms with Crippen molar-refractivity contribution in [1.82, 2.24) is 10.3 Å². The predicted molar refractivity (Wildman–Crippen MR) is 95.2 cm³/mol. The molecular weight excluding hydrogens is 303 g/mol. The molecule has 0 unspecified atom stereocenters. The summed E-state index contributed by atoms with van der Waals surface area (Å²) < 4.78 is 13.2. The molecule has 0 saturated heterocycles. The smallest absolute Gasteiger partial charge is 0.224 e. The van der Waals surface area contributed by atoms with Gasteiger partial charge in [-0.3, -0.25) is 4.79 Å². The number of allylic oxidation sites excluding steroid dienone is 2. The van der Waals surface area contributed by atoms with Crippen LogP contribution in [0.1, 0.15) is 33.3 Å². The monoisotopic (exact) mass is 328 g/mol. The number of hydrogen-bond acceptors (Lipinski definition) is 1. The maximum atomic E-state index is 13.2. The van der Waals surface area contributed by atoms with Crippen LogP contribution < -0.4 is 5.32 Å². The van der Waals surface area contributed by atoms with E-state index in [9.17, 15) is 9.18 Å². The largest absolute Gasteiger partial charge is 0.361 e. The van der Waals surface area contributed by atoms with E-state index in [-0.39, 0.29) is 23.1 Å². The number of carbonyl (C=O) groups excluding carboxylic acids is 1. The Morgan fingerprint density at radius 1 is 1.38 bits per heavy atom. The third-order valence-electron chi connectivity index (χ3n) is 5.13. The lowest BCUT2D eigenvalue weighted by Gasteiger charge is -2.06. The minimum absolute atomic E-state index is 0.0413. The molecular formula is C20H25FN2O. The van der Waals surface area contributed by atoms with Crippen LogP contribution in [0.15, 0.2) is 36.0 Å². The molecule has 24 heavy (non-hydrogen) atoms. The molecule has 1 saturated carbocycles. The summed E-state index contributed by atoms with van der Waals surface area (Å²) in [4.78, 5) is 15.5. The van der Waals surface area contributed by atoms with Crippen LogP contribution in [-0.2, 0) is 11.2 Å². The summed E-state index contributed by atoms with van der Waals surface area (Å²) in [6.45, 7) is 9.04. The van der Waals surface area contributed by atoms with E-state index in [0.717, 1.165) is 22.9 Å². The lowest BCUT2D eigenvalue weighted by atomic mass is 10.1. The predicted octanol–water partition coefficient (Wildman–Crippen LogP) is 4.20. The van der Waals surface area contributed by atoms with E-state index in [1.54, 1.807) is 6.07 Å². The average molecular weight is 328 g/mol. The zero-order chi connectivity index (χ0) is 17.5. The van der Waals surface area contributed by atoms with Crippen molar-refractivity contribution in [2.75, 3.05) is 6.54 Å². The molecule has 1 aromatic carbocycles. The number of aromatic amines is 1. The number of rotatable bonds is 5. The van der Waals surface area contributed by atoms with Crippen LogP contribution in [-0.4, -0.2) is 17.4 Å². The van der Waals surface area contributed by atoms with Crippen LogP contribution >= 0.6 is 0 Å². The van der Waals surface area contributed by atoms with E-state index >= 15 is 0 Å². The van der Waals surface area contributed by atoms with Crippen LogP contribution in [0.4, 0.5) is 4.39 Å². The highest BCUT2D eigenvalue weighted by Gasteiger charge is 2.60. The highest BCUT2D eigenvalue weighted by molar-refractivity contribution is 5.84. The molecule has 1 aliphatic rings. The fraction of sp³-hybridized carbons (Fsp3) is 0.450. The maximum absolute atomic E-state index is 13.2. The molecule has 128 valence electrons. The van der Waals surface area contributed by atoms with Gasteiger partial charge in [0.1, 0.15) is 5.82 Å². The van der Waals surface area contributed by atoms with Crippen molar-refractivity contribution in [2.45, 2.75) is 34.1 Å². The van der Waals surface area contributed by atoms with Crippen LogP contribution in [0.5, 0.6) is 0 Å². The number of H-pyrrole nitrogens is 1. The second kappa shape index (κ2) is 6.08. The molecule has 1 aromatic heterocycles. The number of fused-ring (bicyclic) bond motifs is 1. The van der Waals surface area contributed by atoms with E-state index in [0.29, 0.717) is 12.5 Å². The van der Waals surface area contributed by atoms with Gasteiger partial charge >= 0.3 is 0 Å². The van der Waals surface area contributed by atoms with Crippen molar-refractivity contribution in [1.29, 1.82) is 0 Å². The second-order valence-corrected chi connectivity index (χ2v) is 7.61. The van der Waals surface area contributed by atoms with Crippen LogP contribution in [0.25, 0.3) is 10.9 Å². The summed E-state index contributed by atoms with van der Waals surface area (Å²) in [5, 5.41) is 4.08. The van der Waals surface area contributed by atoms with Gasteiger partial charge in [-0.15, -0.1) is 0 Å². The summed E-state index contributed by atoms with van der Waals surface area (Å²) in [5.41, 5.74) is 3.19. The highest BCUT2D eigenvalue weighted by atomic mass is 19.1. The van der Waals surface area contributed by atoms with Crippen molar-refractivity contribution in [3.05, 3.63) is 47.4 Å². The van der Waals surface area contributed by atoms with Gasteiger partial charge in [-0.05, 0) is 55.4 Å². The zero-order valence-electron chi connectivity index (χ0n) is 14.7. The Morgan fingerprint density at radius 3 is 2.83 bits per heavy atom. The molecule has 1 amide bonds. The minimum Gasteiger partial charge on any atom is -0.361 e. The van der Waals surface area contributed by atoms with E-state index in [1.807, 2.05) is 6.20 Å². The number of amides is 1. The highest BCUT2D eigenvalue weighted by Crippen LogP contribution is 2.59. The van der Waals surface area contributed by atoms with Crippen molar-refractivity contribution in [3.8, 4) is 0 Å². The van der Waals surface area contributed by atoms with Crippen molar-refractivity contribution < 1.29 is 9.18 Å². The van der Waals surface area contributed by atoms with Gasteiger partial charge in [-0.1, -0.05) is 25.5 Å². The first-order valence-electron chi connectivity index (χ1n) is 8.49. The normalized spacial score (nSPS) is 21.5. The molecule has 3 rings (SSSR count). The van der Waals surface area contributed by atoms with Crippen molar-refractivity contribution in [2.24, 2.45) is 17.3 Å². The lowest BCUT2D eigenvalue weighted by Crippen LogP contribution is -2.28. The fourth-order valence-electron chi connectivity index (χ4n) is 3.64. The van der Waals surface area contributed by atoms with Crippen LogP contribution in [0.3, 0.4) is 0 Å². The SMILES string of the molecule is CC(C)=C[C@@H]1[C@H](C(=O)NCCc2c[nH]c3cc(F)ccc23)C1(C)C. The zero-order valence-corrected chi connectivity index (χ0v) is 14.7. The number of aromatic nitrogens is 1. The Morgan fingerprint density at radius 2 is 2.12 bits per heavy atom. The van der Waals surface area contributed by atoms with Gasteiger partial charge < -0.3 is 10.3 Å². The van der Waals surface area contributed by atoms with E-state index in [1.165, 1.54) is 17.7 Å². The molecule has 2 N–H and O–H groups in total. The Balaban J connectivity index is 1.58. The number of benzene rings is 1. The maximum Gasteiger partial charge on any atom is 0.224 e. The van der Waals surface area contributed by atoms with Gasteiger partial charge in [0, 0.05) is 23.6 Å². The molecule has 0 bridgehead atoms. The third kappa shape index (κ3) is 3.10. The van der Waals surface area contributed by atoms with Crippen LogP contribution in [0, 0.1) is 23.1 Å². The third-order valence-corrected chi connectivity index (χ3v) is 5.13. The molecule has 1 heterocycles. The molecule has 2 atom stereocenters. The van der Waals surface area contributed by atoms with Gasteiger partial charge in [0.25, 0.3) is 0 Å². The standard InChI is InChI=1S/C20H25FN2O/c1-12(2)9-16-18(20(16,3)4)19(24)22-8-7-13-11-23-17-10-14(21)5-6-15(13)17/h5-6,9-11,16,18,23H,7-8H2,1-4H3,(H,22,24)/t16-,18-/m1/s1. The summed E-state index contributed by atoms with van der Waals surface area (Å²) in [6.07, 6.45) is 4.83. The summed E-state index contributed by atoms with van der Waals surface area (Å²) in [6, 6.07) is 4.75. The molecule has 1 aliphatic carbocycles. The number of halogens is 1. The Kier molecular flexibility index (Phi) is 4.24. The second-order valence-electron chi connectivity index (χ2n) is 7.61. The Bertz CT molecular complexity index is 799. The molecule has 2 aromatic rings. The molecule has 1 fully saturated rings. The fourth-order valence-corrected chi connectivity index (χ4v) is 3.64. The quantitative estimate of drug-likeness (QED) is 0.794. The van der Waals surface area contributed by atoms with Gasteiger partial charge in [0.05, 0.1) is 5.92 Å². The van der Waals surface area contributed by atoms with Crippen molar-refractivity contribution in [3.63, 3.8) is 0 Å². The Hall–Kier alpha value is -2.10. The summed E-state index contributed by atoms with van der Waals surface area (Å²) in [5.74, 6) is 0.280. The van der Waals surface area contributed by atoms with E-state index < -0.39 is 0 Å². The van der Waals surface area contributed by atoms with Crippen molar-refractivity contribution >= 4 is 16.8 Å². The molecule has 3 nitrogen and oxygen atoms in total. The van der Waals surface area contributed by atoms with Crippen LogP contribution in [0.2, 0.25) is 0 Å². The topological polar surface area (TPSA) is 44.9 Å². The molecule has 0 aliphatic heterocycles. The van der Waals surface area contributed by atoms with Gasteiger partial charge in [-0.2, -0.15) is 0 Å². The lowest BCUT2D eigenvalue weighted by molar-refractivity contribution is -0.123.